The second-order valence-electron chi connectivity index (χ2n) is 0.855. The van der Waals surface area contributed by atoms with Gasteiger partial charge in [-0.3, -0.25) is 5.50 Å². The molecule has 0 fully saturated rings. The summed E-state index contributed by atoms with van der Waals surface area (Å²) in [6.45, 7) is 0. The van der Waals surface area contributed by atoms with E-state index in [1.165, 1.54) is 0 Å². The van der Waals surface area contributed by atoms with Gasteiger partial charge in [0.05, 0.1) is 8.52 Å². The number of halogens is 3. The van der Waals surface area contributed by atoms with Gasteiger partial charge in [-0.15, -0.1) is 13.2 Å². The zero-order chi connectivity index (χ0) is 7.33. The first-order valence-corrected chi connectivity index (χ1v) is 3.43. The van der Waals surface area contributed by atoms with Crippen LogP contribution >= 0.6 is 17.5 Å². The molecule has 1 atom stereocenters. The molecule has 0 saturated carbocycles. The van der Waals surface area contributed by atoms with Gasteiger partial charge in [-0.1, -0.05) is 0 Å². The molecule has 8 heteroatoms. The third-order valence-corrected chi connectivity index (χ3v) is 1.37. The number of hydrogen-bond donors (Lipinski definition) is 1. The van der Waals surface area contributed by atoms with Crippen molar-refractivity contribution in [2.24, 2.45) is 10.0 Å². The first kappa shape index (κ1) is 9.24. The molecule has 3 nitrogen and oxygen atoms in total. The van der Waals surface area contributed by atoms with Crippen LogP contribution in [-0.2, 0) is 4.52 Å². The average molecular weight is 178 g/mol. The highest BCUT2D eigenvalue weighted by molar-refractivity contribution is 7.40. The topological polar surface area (TPSA) is 47.6 Å². The third kappa shape index (κ3) is 8.24. The molecule has 0 bridgehead atoms. The van der Waals surface area contributed by atoms with Crippen LogP contribution in [0, 0.1) is 0 Å². The van der Waals surface area contributed by atoms with Gasteiger partial charge in [0.25, 0.3) is 0 Å². The van der Waals surface area contributed by atoms with Crippen molar-refractivity contribution in [1.82, 2.24) is 0 Å². The molecular formula is CH3F3N2OP2. The fourth-order valence-corrected chi connectivity index (χ4v) is 0.551. The van der Waals surface area contributed by atoms with Crippen molar-refractivity contribution < 1.29 is 17.7 Å². The summed E-state index contributed by atoms with van der Waals surface area (Å²) in [4.78, 5) is 0. The molecule has 0 aliphatic heterocycles. The molecule has 0 spiro atoms. The van der Waals surface area contributed by atoms with Crippen LogP contribution in [0.2, 0.25) is 0 Å². The number of alkyl halides is 3. The van der Waals surface area contributed by atoms with Gasteiger partial charge in [0.1, 0.15) is 0 Å². The predicted molar refractivity (Wildman–Crippen MR) is 29.0 cm³/mol. The van der Waals surface area contributed by atoms with Crippen molar-refractivity contribution in [2.75, 3.05) is 0 Å². The highest BCUT2D eigenvalue weighted by atomic mass is 31.1. The molecule has 2 N–H and O–H groups in total. The molecule has 0 amide bonds. The lowest BCUT2D eigenvalue weighted by Crippen LogP contribution is -2.05. The quantitative estimate of drug-likeness (QED) is 0.657. The Hall–Kier alpha value is 0.240. The highest BCUT2D eigenvalue weighted by Crippen LogP contribution is 2.29. The summed E-state index contributed by atoms with van der Waals surface area (Å²) in [6.07, 6.45) is -4.59. The lowest BCUT2D eigenvalue weighted by atomic mass is 11.4. The number of nitrogens with two attached hydrogens (primary N) is 1. The van der Waals surface area contributed by atoms with Crippen LogP contribution in [0.5, 0.6) is 0 Å². The van der Waals surface area contributed by atoms with Crippen LogP contribution in [0.25, 0.3) is 0 Å². The summed E-state index contributed by atoms with van der Waals surface area (Å²) in [5, 5.41) is 0. The van der Waals surface area contributed by atoms with E-state index < -0.39 is 15.3 Å². The predicted octanol–water partition coefficient (Wildman–Crippen LogP) is 2.03. The molecule has 0 radical (unpaired) electrons. The molecular weight excluding hydrogens is 175 g/mol. The average Bonchev–Trinajstić information content (AvgIpc) is 1.63. The standard InChI is InChI=1S/CH3F3N2OP2/c2-1(3,4)7-9-6-8-5/h9H,(H2,5,6). The Labute approximate surface area is 52.6 Å². The van der Waals surface area contributed by atoms with E-state index >= 15 is 0 Å². The molecule has 0 aliphatic carbocycles. The van der Waals surface area contributed by atoms with E-state index in [2.05, 4.69) is 9.04 Å². The molecule has 0 aromatic rings. The van der Waals surface area contributed by atoms with Gasteiger partial charge in [0, 0.05) is 0 Å². The van der Waals surface area contributed by atoms with Crippen molar-refractivity contribution in [3.8, 4) is 0 Å². The van der Waals surface area contributed by atoms with E-state index in [9.17, 15) is 13.2 Å². The molecule has 0 aromatic carbocycles. The summed E-state index contributed by atoms with van der Waals surface area (Å²) in [5.41, 5.74) is 4.72. The van der Waals surface area contributed by atoms with Crippen LogP contribution in [0.3, 0.4) is 0 Å². The van der Waals surface area contributed by atoms with Gasteiger partial charge in [-0.25, -0.2) is 9.04 Å². The number of nitrogens with zero attached hydrogens (tertiary/aromatic N) is 1. The highest BCUT2D eigenvalue weighted by Gasteiger charge is 2.28. The maximum atomic E-state index is 11.1. The molecule has 0 saturated heterocycles. The van der Waals surface area contributed by atoms with E-state index in [1.54, 1.807) is 0 Å². The van der Waals surface area contributed by atoms with E-state index in [1.807, 2.05) is 0 Å². The van der Waals surface area contributed by atoms with Crippen molar-refractivity contribution >= 4 is 17.5 Å². The lowest BCUT2D eigenvalue weighted by Gasteiger charge is -2.00. The molecule has 0 heterocycles. The molecule has 1 unspecified atom stereocenters. The van der Waals surface area contributed by atoms with E-state index in [0.717, 1.165) is 0 Å². The molecule has 0 rings (SSSR count). The first-order valence-electron chi connectivity index (χ1n) is 1.66. The maximum absolute atomic E-state index is 11.1. The van der Waals surface area contributed by atoms with Crippen LogP contribution in [0.15, 0.2) is 4.52 Å². The molecule has 0 aliphatic rings. The molecule has 54 valence electrons. The van der Waals surface area contributed by atoms with Crippen LogP contribution < -0.4 is 5.50 Å². The maximum Gasteiger partial charge on any atom is 0.527 e. The van der Waals surface area contributed by atoms with Crippen molar-refractivity contribution in [3.63, 3.8) is 0 Å². The van der Waals surface area contributed by atoms with Gasteiger partial charge in [0.15, 0.2) is 8.96 Å². The first-order chi connectivity index (χ1) is 4.06. The Balaban J connectivity index is 3.28. The zero-order valence-electron chi connectivity index (χ0n) is 4.01. The van der Waals surface area contributed by atoms with Crippen LogP contribution in [0.1, 0.15) is 0 Å². The fourth-order valence-electron chi connectivity index (χ4n) is 0.0957. The van der Waals surface area contributed by atoms with Crippen molar-refractivity contribution in [3.05, 3.63) is 0 Å². The molecule has 0 aromatic heterocycles. The monoisotopic (exact) mass is 178 g/mol. The Morgan fingerprint density at radius 1 is 1.56 bits per heavy atom. The molecule has 9 heavy (non-hydrogen) atoms. The minimum absolute atomic E-state index is 0.0553. The summed E-state index contributed by atoms with van der Waals surface area (Å²) >= 11 is 0. The van der Waals surface area contributed by atoms with E-state index in [4.69, 9.17) is 5.50 Å². The van der Waals surface area contributed by atoms with E-state index in [-0.39, 0.29) is 8.52 Å². The van der Waals surface area contributed by atoms with Gasteiger partial charge in [-0.05, 0) is 0 Å². The fraction of sp³-hybridized carbons (Fsp3) is 1.00. The SMILES string of the molecule is N/P=N\POC(F)(F)F. The van der Waals surface area contributed by atoms with Gasteiger partial charge >= 0.3 is 6.36 Å². The summed E-state index contributed by atoms with van der Waals surface area (Å²) < 4.78 is 39.5. The largest absolute Gasteiger partial charge is 0.527 e. The minimum Gasteiger partial charge on any atom is -0.269 e. The number of hydrogen-bond acceptors (Lipinski definition) is 2. The van der Waals surface area contributed by atoms with Gasteiger partial charge in [0.2, 0.25) is 0 Å². The third-order valence-electron chi connectivity index (χ3n) is 0.260. The summed E-state index contributed by atoms with van der Waals surface area (Å²) in [5.74, 6) is 0. The normalized spacial score (nSPS) is 14.2. The van der Waals surface area contributed by atoms with Gasteiger partial charge < -0.3 is 0 Å². The minimum atomic E-state index is -4.59. The Kier molecular flexibility index (Phi) is 4.23. The second-order valence-corrected chi connectivity index (χ2v) is 2.27. The Morgan fingerprint density at radius 2 is 2.11 bits per heavy atom. The Morgan fingerprint density at radius 3 is 2.44 bits per heavy atom. The Bertz CT molecular complexity index is 102. The van der Waals surface area contributed by atoms with Crippen LogP contribution in [0.4, 0.5) is 13.2 Å². The van der Waals surface area contributed by atoms with Gasteiger partial charge in [-0.2, -0.15) is 0 Å². The van der Waals surface area contributed by atoms with Crippen LogP contribution in [-0.4, -0.2) is 6.36 Å². The summed E-state index contributed by atoms with van der Waals surface area (Å²) in [7, 11) is -0.898. The van der Waals surface area contributed by atoms with E-state index in [0.29, 0.717) is 0 Å². The lowest BCUT2D eigenvalue weighted by molar-refractivity contribution is -0.269. The smallest absolute Gasteiger partial charge is 0.269 e. The zero-order valence-corrected chi connectivity index (χ0v) is 5.91. The summed E-state index contributed by atoms with van der Waals surface area (Å²) in [6, 6.07) is 0. The van der Waals surface area contributed by atoms with Crippen molar-refractivity contribution in [1.29, 1.82) is 0 Å². The second kappa shape index (κ2) is 4.12. The van der Waals surface area contributed by atoms with Crippen molar-refractivity contribution in [2.45, 2.75) is 6.36 Å². The number of rotatable bonds is 2.